The number of hydrogen-bond donors (Lipinski definition) is 1. The van der Waals surface area contributed by atoms with Crippen LogP contribution in [-0.4, -0.2) is 27.7 Å². The molecule has 0 bridgehead atoms. The number of carbonyl (C=O) groups is 1. The Bertz CT molecular complexity index is 936. The molecule has 3 rings (SSSR count). The Kier molecular flexibility index (Phi) is 4.32. The van der Waals surface area contributed by atoms with E-state index < -0.39 is 5.97 Å². The lowest BCUT2D eigenvalue weighted by Crippen LogP contribution is -2.24. The number of aromatic nitrogens is 3. The molecule has 1 aliphatic rings. The van der Waals surface area contributed by atoms with Gasteiger partial charge in [0.25, 0.3) is 5.56 Å². The molecule has 0 saturated carbocycles. The minimum Gasteiger partial charge on any atom is -0.469 e. The highest BCUT2D eigenvalue weighted by Gasteiger charge is 2.20. The summed E-state index contributed by atoms with van der Waals surface area (Å²) in [5.74, 6) is -0.150. The molecule has 24 heavy (non-hydrogen) atoms. The summed E-state index contributed by atoms with van der Waals surface area (Å²) in [5, 5.41) is 3.61. The fraction of sp³-hybridized carbons (Fsp3) is 0.353. The van der Waals surface area contributed by atoms with Crippen LogP contribution in [0.25, 0.3) is 11.2 Å². The van der Waals surface area contributed by atoms with Gasteiger partial charge in [-0.15, -0.1) is 0 Å². The summed E-state index contributed by atoms with van der Waals surface area (Å²) >= 11 is 6.17. The van der Waals surface area contributed by atoms with Gasteiger partial charge in [0.05, 0.1) is 19.1 Å². The quantitative estimate of drug-likeness (QED) is 0.866. The first-order valence-electron chi connectivity index (χ1n) is 7.65. The standard InChI is InChI=1S/C17H18ClN3O3/c1-9-4-11(6-12(18)5-9)14-8-19-21-16(14)20-10(2)13(17(21)23)7-15(22)24-3/h5-6,8-9,19H,4,7H2,1-3H3. The third-order valence-corrected chi connectivity index (χ3v) is 4.39. The molecule has 2 heterocycles. The molecule has 2 aromatic rings. The molecule has 0 amide bonds. The van der Waals surface area contributed by atoms with Gasteiger partial charge in [-0.25, -0.2) is 9.50 Å². The normalized spacial score (nSPS) is 17.6. The van der Waals surface area contributed by atoms with Crippen molar-refractivity contribution in [1.82, 2.24) is 14.6 Å². The number of aromatic amines is 1. The van der Waals surface area contributed by atoms with Gasteiger partial charge in [-0.3, -0.25) is 14.7 Å². The summed E-state index contributed by atoms with van der Waals surface area (Å²) in [6.07, 6.45) is 6.37. The van der Waals surface area contributed by atoms with Crippen molar-refractivity contribution in [1.29, 1.82) is 0 Å². The van der Waals surface area contributed by atoms with Crippen LogP contribution in [0.15, 0.2) is 28.2 Å². The van der Waals surface area contributed by atoms with Crippen molar-refractivity contribution in [3.63, 3.8) is 0 Å². The number of aryl methyl sites for hydroxylation is 1. The second kappa shape index (κ2) is 6.28. The summed E-state index contributed by atoms with van der Waals surface area (Å²) in [4.78, 5) is 28.7. The zero-order valence-electron chi connectivity index (χ0n) is 13.7. The number of hydrogen-bond acceptors (Lipinski definition) is 4. The van der Waals surface area contributed by atoms with Crippen LogP contribution in [0.5, 0.6) is 0 Å². The molecule has 1 unspecified atom stereocenters. The second-order valence-electron chi connectivity index (χ2n) is 5.98. The Balaban J connectivity index is 2.13. The van der Waals surface area contributed by atoms with E-state index in [1.807, 2.05) is 12.2 Å². The monoisotopic (exact) mass is 347 g/mol. The van der Waals surface area contributed by atoms with Crippen molar-refractivity contribution in [2.24, 2.45) is 5.92 Å². The van der Waals surface area contributed by atoms with Crippen molar-refractivity contribution in [2.45, 2.75) is 26.7 Å². The van der Waals surface area contributed by atoms with Gasteiger partial charge in [-0.05, 0) is 30.9 Å². The average molecular weight is 348 g/mol. The van der Waals surface area contributed by atoms with Gasteiger partial charge in [0.1, 0.15) is 0 Å². The Morgan fingerprint density at radius 1 is 1.54 bits per heavy atom. The van der Waals surface area contributed by atoms with E-state index in [9.17, 15) is 9.59 Å². The first-order valence-corrected chi connectivity index (χ1v) is 8.03. The summed E-state index contributed by atoms with van der Waals surface area (Å²) in [6, 6.07) is 0. The molecule has 0 saturated heterocycles. The topological polar surface area (TPSA) is 76.5 Å². The molecule has 7 heteroatoms. The van der Waals surface area contributed by atoms with Crippen LogP contribution in [-0.2, 0) is 16.0 Å². The number of ether oxygens (including phenoxy) is 1. The lowest BCUT2D eigenvalue weighted by molar-refractivity contribution is -0.139. The summed E-state index contributed by atoms with van der Waals surface area (Å²) in [6.45, 7) is 3.81. The van der Waals surface area contributed by atoms with Crippen LogP contribution in [0.4, 0.5) is 0 Å². The fourth-order valence-electron chi connectivity index (χ4n) is 2.95. The molecule has 0 spiro atoms. The van der Waals surface area contributed by atoms with E-state index in [4.69, 9.17) is 11.6 Å². The van der Waals surface area contributed by atoms with Crippen LogP contribution < -0.4 is 5.56 Å². The number of nitrogens with one attached hydrogen (secondary N) is 1. The second-order valence-corrected chi connectivity index (χ2v) is 6.42. The number of esters is 1. The highest BCUT2D eigenvalue weighted by atomic mass is 35.5. The summed E-state index contributed by atoms with van der Waals surface area (Å²) < 4.78 is 6.00. The predicted molar refractivity (Wildman–Crippen MR) is 92.0 cm³/mol. The smallest absolute Gasteiger partial charge is 0.310 e. The largest absolute Gasteiger partial charge is 0.469 e. The molecule has 0 fully saturated rings. The van der Waals surface area contributed by atoms with Crippen molar-refractivity contribution in [2.75, 3.05) is 7.11 Å². The highest BCUT2D eigenvalue weighted by molar-refractivity contribution is 6.31. The van der Waals surface area contributed by atoms with Gasteiger partial charge in [0.15, 0.2) is 5.65 Å². The Hall–Kier alpha value is -2.34. The lowest BCUT2D eigenvalue weighted by atomic mass is 9.92. The SMILES string of the molecule is COC(=O)Cc1c(C)nc2c(C3=CC(Cl)=CC(C)C3)c[nH]n2c1=O. The minimum atomic E-state index is -0.468. The van der Waals surface area contributed by atoms with E-state index in [2.05, 4.69) is 21.7 Å². The Morgan fingerprint density at radius 3 is 2.96 bits per heavy atom. The Morgan fingerprint density at radius 2 is 2.29 bits per heavy atom. The van der Waals surface area contributed by atoms with Gasteiger partial charge < -0.3 is 4.74 Å². The van der Waals surface area contributed by atoms with Crippen LogP contribution >= 0.6 is 11.6 Å². The molecule has 126 valence electrons. The molecule has 0 aliphatic heterocycles. The molecule has 1 aliphatic carbocycles. The first kappa shape index (κ1) is 16.5. The van der Waals surface area contributed by atoms with E-state index in [1.54, 1.807) is 13.1 Å². The van der Waals surface area contributed by atoms with Crippen LogP contribution in [0.3, 0.4) is 0 Å². The number of allylic oxidation sites excluding steroid dienone is 4. The number of methoxy groups -OCH3 is 1. The van der Waals surface area contributed by atoms with Gasteiger partial charge in [0, 0.05) is 22.5 Å². The van der Waals surface area contributed by atoms with E-state index in [-0.39, 0.29) is 12.0 Å². The lowest BCUT2D eigenvalue weighted by Gasteiger charge is -2.15. The Labute approximate surface area is 143 Å². The number of H-pyrrole nitrogens is 1. The van der Waals surface area contributed by atoms with E-state index in [1.165, 1.54) is 11.6 Å². The van der Waals surface area contributed by atoms with Crippen LogP contribution in [0.2, 0.25) is 0 Å². The van der Waals surface area contributed by atoms with E-state index >= 15 is 0 Å². The van der Waals surface area contributed by atoms with Crippen molar-refractivity contribution >= 4 is 28.8 Å². The molecule has 0 aromatic carbocycles. The number of nitrogens with zero attached hydrogens (tertiary/aromatic N) is 2. The molecular weight excluding hydrogens is 330 g/mol. The minimum absolute atomic E-state index is 0.0975. The highest BCUT2D eigenvalue weighted by Crippen LogP contribution is 2.32. The fourth-order valence-corrected chi connectivity index (χ4v) is 3.30. The van der Waals surface area contributed by atoms with E-state index in [0.717, 1.165) is 17.6 Å². The van der Waals surface area contributed by atoms with Gasteiger partial charge >= 0.3 is 5.97 Å². The predicted octanol–water partition coefficient (Wildman–Crippen LogP) is 2.59. The molecular formula is C17H18ClN3O3. The first-order chi connectivity index (χ1) is 11.4. The molecule has 1 N–H and O–H groups in total. The maximum atomic E-state index is 12.7. The molecule has 6 nitrogen and oxygen atoms in total. The van der Waals surface area contributed by atoms with E-state index in [0.29, 0.717) is 27.9 Å². The van der Waals surface area contributed by atoms with Crippen LogP contribution in [0.1, 0.15) is 30.2 Å². The molecule has 2 aromatic heterocycles. The number of fused-ring (bicyclic) bond motifs is 1. The average Bonchev–Trinajstić information content (AvgIpc) is 2.94. The number of carbonyl (C=O) groups excluding carboxylic acids is 1. The summed E-state index contributed by atoms with van der Waals surface area (Å²) in [7, 11) is 1.29. The van der Waals surface area contributed by atoms with Crippen molar-refractivity contribution in [3.05, 3.63) is 50.6 Å². The van der Waals surface area contributed by atoms with Crippen molar-refractivity contribution < 1.29 is 9.53 Å². The van der Waals surface area contributed by atoms with Gasteiger partial charge in [-0.1, -0.05) is 24.6 Å². The summed E-state index contributed by atoms with van der Waals surface area (Å²) in [5.41, 5.74) is 2.98. The maximum absolute atomic E-state index is 12.7. The molecule has 1 atom stereocenters. The zero-order valence-corrected chi connectivity index (χ0v) is 14.5. The van der Waals surface area contributed by atoms with Crippen molar-refractivity contribution in [3.8, 4) is 0 Å². The van der Waals surface area contributed by atoms with Gasteiger partial charge in [0.2, 0.25) is 0 Å². The number of halogens is 1. The third-order valence-electron chi connectivity index (χ3n) is 4.15. The molecule has 0 radical (unpaired) electrons. The third kappa shape index (κ3) is 2.89. The van der Waals surface area contributed by atoms with Gasteiger partial charge in [-0.2, -0.15) is 0 Å². The maximum Gasteiger partial charge on any atom is 0.310 e. The zero-order chi connectivity index (χ0) is 17.4. The van der Waals surface area contributed by atoms with Crippen LogP contribution in [0, 0.1) is 12.8 Å². The number of rotatable bonds is 3.